The number of nitrogens with zero attached hydrogens (tertiary/aromatic N) is 4. The van der Waals surface area contributed by atoms with Gasteiger partial charge in [-0.05, 0) is 12.1 Å². The molecular weight excluding hydrogens is 254 g/mol. The van der Waals surface area contributed by atoms with Crippen molar-refractivity contribution in [2.75, 3.05) is 12.4 Å². The van der Waals surface area contributed by atoms with Crippen molar-refractivity contribution in [1.82, 2.24) is 20.2 Å². The standard InChI is InChI=1S/C11H12ClN5O/c1-18-7-11-15-9(12)5-10(16-11)13-6-8-3-2-4-14-17-8/h2-5H,6-7H2,1H3,(H,13,15,16). The van der Waals surface area contributed by atoms with Crippen molar-refractivity contribution in [3.05, 3.63) is 41.1 Å². The third-order valence-corrected chi connectivity index (χ3v) is 2.29. The first-order valence-corrected chi connectivity index (χ1v) is 5.68. The van der Waals surface area contributed by atoms with Crippen LogP contribution in [0.1, 0.15) is 11.5 Å². The van der Waals surface area contributed by atoms with Crippen molar-refractivity contribution < 1.29 is 4.74 Å². The van der Waals surface area contributed by atoms with Crippen molar-refractivity contribution >= 4 is 17.4 Å². The Kier molecular flexibility index (Phi) is 4.38. The van der Waals surface area contributed by atoms with Gasteiger partial charge in [-0.2, -0.15) is 10.2 Å². The Morgan fingerprint density at radius 1 is 1.39 bits per heavy atom. The molecule has 2 aromatic heterocycles. The molecule has 7 heteroatoms. The van der Waals surface area contributed by atoms with Gasteiger partial charge in [-0.1, -0.05) is 11.6 Å². The highest BCUT2D eigenvalue weighted by atomic mass is 35.5. The number of aromatic nitrogens is 4. The first-order valence-electron chi connectivity index (χ1n) is 5.31. The maximum absolute atomic E-state index is 5.89. The summed E-state index contributed by atoms with van der Waals surface area (Å²) in [5.41, 5.74) is 0.820. The quantitative estimate of drug-likeness (QED) is 0.829. The average Bonchev–Trinajstić information content (AvgIpc) is 2.37. The summed E-state index contributed by atoms with van der Waals surface area (Å²) in [5, 5.41) is 11.2. The molecule has 0 unspecified atom stereocenters. The number of hydrogen-bond acceptors (Lipinski definition) is 6. The van der Waals surface area contributed by atoms with Crippen LogP contribution in [0.5, 0.6) is 0 Å². The van der Waals surface area contributed by atoms with Crippen LogP contribution >= 0.6 is 11.6 Å². The fourth-order valence-electron chi connectivity index (χ4n) is 1.36. The Morgan fingerprint density at radius 2 is 2.28 bits per heavy atom. The minimum atomic E-state index is 0.320. The maximum Gasteiger partial charge on any atom is 0.158 e. The van der Waals surface area contributed by atoms with Gasteiger partial charge >= 0.3 is 0 Å². The van der Waals surface area contributed by atoms with Crippen LogP contribution in [0.25, 0.3) is 0 Å². The van der Waals surface area contributed by atoms with Gasteiger partial charge in [0.25, 0.3) is 0 Å². The van der Waals surface area contributed by atoms with Crippen LogP contribution in [0, 0.1) is 0 Å². The molecule has 18 heavy (non-hydrogen) atoms. The first-order chi connectivity index (χ1) is 8.78. The molecule has 1 N–H and O–H groups in total. The predicted molar refractivity (Wildman–Crippen MR) is 67.1 cm³/mol. The van der Waals surface area contributed by atoms with Crippen LogP contribution < -0.4 is 5.32 Å². The zero-order chi connectivity index (χ0) is 12.8. The van der Waals surface area contributed by atoms with E-state index in [4.69, 9.17) is 16.3 Å². The summed E-state index contributed by atoms with van der Waals surface area (Å²) in [5.74, 6) is 1.17. The van der Waals surface area contributed by atoms with E-state index >= 15 is 0 Å². The minimum Gasteiger partial charge on any atom is -0.377 e. The molecule has 0 aromatic carbocycles. The van der Waals surface area contributed by atoms with Crippen LogP contribution in [0.3, 0.4) is 0 Å². The summed E-state index contributed by atoms with van der Waals surface area (Å²) < 4.78 is 4.97. The van der Waals surface area contributed by atoms with Crippen LogP contribution in [-0.4, -0.2) is 27.3 Å². The molecule has 0 aliphatic carbocycles. The highest BCUT2D eigenvalue weighted by Crippen LogP contribution is 2.12. The van der Waals surface area contributed by atoms with Crippen molar-refractivity contribution in [3.8, 4) is 0 Å². The number of ether oxygens (including phenoxy) is 1. The summed E-state index contributed by atoms with van der Waals surface area (Å²) in [6.07, 6.45) is 1.63. The van der Waals surface area contributed by atoms with E-state index in [-0.39, 0.29) is 0 Å². The lowest BCUT2D eigenvalue weighted by Gasteiger charge is -2.06. The maximum atomic E-state index is 5.89. The van der Waals surface area contributed by atoms with E-state index in [0.29, 0.717) is 29.9 Å². The van der Waals surface area contributed by atoms with Gasteiger partial charge in [0, 0.05) is 19.4 Å². The van der Waals surface area contributed by atoms with Crippen molar-refractivity contribution in [2.45, 2.75) is 13.2 Å². The van der Waals surface area contributed by atoms with Crippen LogP contribution in [0.4, 0.5) is 5.82 Å². The summed E-state index contributed by atoms with van der Waals surface area (Å²) in [7, 11) is 1.58. The van der Waals surface area contributed by atoms with E-state index in [1.165, 1.54) is 0 Å². The molecule has 6 nitrogen and oxygen atoms in total. The highest BCUT2D eigenvalue weighted by Gasteiger charge is 2.03. The molecule has 0 aliphatic heterocycles. The van der Waals surface area contributed by atoms with Crippen LogP contribution in [0.2, 0.25) is 5.15 Å². The zero-order valence-electron chi connectivity index (χ0n) is 9.80. The van der Waals surface area contributed by atoms with Crippen molar-refractivity contribution in [2.24, 2.45) is 0 Å². The average molecular weight is 266 g/mol. The second kappa shape index (κ2) is 6.23. The molecule has 2 rings (SSSR count). The van der Waals surface area contributed by atoms with E-state index in [1.807, 2.05) is 12.1 Å². The summed E-state index contributed by atoms with van der Waals surface area (Å²) in [4.78, 5) is 8.30. The molecule has 94 valence electrons. The number of nitrogens with one attached hydrogen (secondary N) is 1. The third kappa shape index (κ3) is 3.61. The molecule has 0 atom stereocenters. The van der Waals surface area contributed by atoms with Crippen LogP contribution in [0.15, 0.2) is 24.4 Å². The van der Waals surface area contributed by atoms with Gasteiger partial charge in [-0.25, -0.2) is 9.97 Å². The fourth-order valence-corrected chi connectivity index (χ4v) is 1.56. The predicted octanol–water partition coefficient (Wildman–Crippen LogP) is 1.68. The van der Waals surface area contributed by atoms with Gasteiger partial charge in [0.05, 0.1) is 12.2 Å². The van der Waals surface area contributed by atoms with E-state index in [1.54, 1.807) is 19.4 Å². The van der Waals surface area contributed by atoms with Gasteiger partial charge in [0.2, 0.25) is 0 Å². The van der Waals surface area contributed by atoms with E-state index in [9.17, 15) is 0 Å². The lowest BCUT2D eigenvalue weighted by atomic mass is 10.4. The summed E-state index contributed by atoms with van der Waals surface area (Å²) in [6.45, 7) is 0.841. The number of hydrogen-bond donors (Lipinski definition) is 1. The molecule has 2 aromatic rings. The van der Waals surface area contributed by atoms with Gasteiger partial charge in [0.15, 0.2) is 5.82 Å². The molecule has 0 saturated heterocycles. The molecule has 0 spiro atoms. The molecule has 2 heterocycles. The second-order valence-electron chi connectivity index (χ2n) is 3.49. The lowest BCUT2D eigenvalue weighted by Crippen LogP contribution is -2.06. The monoisotopic (exact) mass is 265 g/mol. The molecule has 0 bridgehead atoms. The Bertz CT molecular complexity index is 508. The SMILES string of the molecule is COCc1nc(Cl)cc(NCc2cccnn2)n1. The topological polar surface area (TPSA) is 72.8 Å². The normalized spacial score (nSPS) is 10.3. The van der Waals surface area contributed by atoms with E-state index < -0.39 is 0 Å². The first kappa shape index (κ1) is 12.7. The second-order valence-corrected chi connectivity index (χ2v) is 3.88. The van der Waals surface area contributed by atoms with E-state index in [0.717, 1.165) is 5.69 Å². The molecule has 0 aliphatic rings. The van der Waals surface area contributed by atoms with Crippen molar-refractivity contribution in [3.63, 3.8) is 0 Å². The van der Waals surface area contributed by atoms with E-state index in [2.05, 4.69) is 25.5 Å². The number of halogens is 1. The van der Waals surface area contributed by atoms with Gasteiger partial charge < -0.3 is 10.1 Å². The van der Waals surface area contributed by atoms with Crippen molar-refractivity contribution in [1.29, 1.82) is 0 Å². The Hall–Kier alpha value is -1.79. The highest BCUT2D eigenvalue weighted by molar-refractivity contribution is 6.29. The molecule has 0 fully saturated rings. The zero-order valence-corrected chi connectivity index (χ0v) is 10.6. The Morgan fingerprint density at radius 3 is 3.00 bits per heavy atom. The summed E-state index contributed by atoms with van der Waals surface area (Å²) in [6, 6.07) is 5.35. The lowest BCUT2D eigenvalue weighted by molar-refractivity contribution is 0.178. The van der Waals surface area contributed by atoms with Gasteiger partial charge in [0.1, 0.15) is 17.6 Å². The molecule has 0 saturated carbocycles. The number of methoxy groups -OCH3 is 1. The molecule has 0 amide bonds. The summed E-state index contributed by atoms with van der Waals surface area (Å²) >= 11 is 5.89. The van der Waals surface area contributed by atoms with Gasteiger partial charge in [-0.15, -0.1) is 0 Å². The van der Waals surface area contributed by atoms with Gasteiger partial charge in [-0.3, -0.25) is 0 Å². The third-order valence-electron chi connectivity index (χ3n) is 2.09. The molecule has 0 radical (unpaired) electrons. The smallest absolute Gasteiger partial charge is 0.158 e. The minimum absolute atomic E-state index is 0.320. The fraction of sp³-hybridized carbons (Fsp3) is 0.273. The van der Waals surface area contributed by atoms with Crippen LogP contribution in [-0.2, 0) is 17.9 Å². The molecular formula is C11H12ClN5O. The number of anilines is 1. The Labute approximate surface area is 109 Å². The number of rotatable bonds is 5. The largest absolute Gasteiger partial charge is 0.377 e. The Balaban J connectivity index is 2.05.